The van der Waals surface area contributed by atoms with Gasteiger partial charge in [0.05, 0.1) is 36.8 Å². The van der Waals surface area contributed by atoms with E-state index in [9.17, 15) is 9.59 Å². The lowest BCUT2D eigenvalue weighted by Gasteiger charge is -2.29. The molecular weight excluding hydrogens is 428 g/mol. The van der Waals surface area contributed by atoms with Crippen LogP contribution in [0.25, 0.3) is 10.2 Å². The molecule has 0 radical (unpaired) electrons. The lowest BCUT2D eigenvalue weighted by molar-refractivity contribution is -0.120. The number of nitrogens with zero attached hydrogens (tertiary/aromatic N) is 2. The lowest BCUT2D eigenvalue weighted by Crippen LogP contribution is -2.36. The monoisotopic (exact) mass is 454 g/mol. The SMILES string of the molecule is CCC(=O)C(N)c1ccc(C(=O)Nc2nc3c(OC)ccc(N4CCOCC4)c3s2)cc1. The number of rotatable bonds is 7. The Kier molecular flexibility index (Phi) is 6.69. The first-order valence-electron chi connectivity index (χ1n) is 10.5. The van der Waals surface area contributed by atoms with Crippen molar-refractivity contribution in [3.63, 3.8) is 0 Å². The molecule has 3 aromatic rings. The number of thiazole rings is 1. The van der Waals surface area contributed by atoms with E-state index in [0.717, 1.165) is 29.0 Å². The molecule has 0 bridgehead atoms. The highest BCUT2D eigenvalue weighted by molar-refractivity contribution is 7.23. The van der Waals surface area contributed by atoms with Gasteiger partial charge in [-0.15, -0.1) is 0 Å². The summed E-state index contributed by atoms with van der Waals surface area (Å²) in [6.45, 7) is 4.74. The van der Waals surface area contributed by atoms with Crippen LogP contribution in [0.4, 0.5) is 10.8 Å². The summed E-state index contributed by atoms with van der Waals surface area (Å²) in [5.74, 6) is 0.340. The fourth-order valence-electron chi connectivity index (χ4n) is 3.66. The number of anilines is 2. The zero-order valence-electron chi connectivity index (χ0n) is 18.1. The average molecular weight is 455 g/mol. The van der Waals surface area contributed by atoms with E-state index in [4.69, 9.17) is 15.2 Å². The molecule has 1 atom stereocenters. The summed E-state index contributed by atoms with van der Waals surface area (Å²) in [5.41, 5.74) is 8.89. The maximum Gasteiger partial charge on any atom is 0.257 e. The molecule has 1 aliphatic rings. The Balaban J connectivity index is 1.57. The molecule has 1 aliphatic heterocycles. The Morgan fingerprint density at radius 1 is 1.22 bits per heavy atom. The van der Waals surface area contributed by atoms with E-state index in [1.54, 1.807) is 38.3 Å². The van der Waals surface area contributed by atoms with Crippen molar-refractivity contribution in [1.82, 2.24) is 4.98 Å². The molecular formula is C23H26N4O4S. The van der Waals surface area contributed by atoms with Crippen molar-refractivity contribution in [1.29, 1.82) is 0 Å². The van der Waals surface area contributed by atoms with E-state index < -0.39 is 6.04 Å². The van der Waals surface area contributed by atoms with Crippen LogP contribution in [-0.2, 0) is 9.53 Å². The minimum absolute atomic E-state index is 0.0401. The molecule has 1 unspecified atom stereocenters. The Morgan fingerprint density at radius 2 is 1.94 bits per heavy atom. The average Bonchev–Trinajstić information content (AvgIpc) is 3.26. The number of carbonyl (C=O) groups is 2. The zero-order chi connectivity index (χ0) is 22.7. The first kappa shape index (κ1) is 22.2. The number of hydrogen-bond donors (Lipinski definition) is 2. The number of methoxy groups -OCH3 is 1. The molecule has 32 heavy (non-hydrogen) atoms. The van der Waals surface area contributed by atoms with Gasteiger partial charge >= 0.3 is 0 Å². The van der Waals surface area contributed by atoms with E-state index in [1.807, 2.05) is 12.1 Å². The van der Waals surface area contributed by atoms with Gasteiger partial charge in [-0.05, 0) is 29.8 Å². The number of nitrogens with two attached hydrogens (primary N) is 1. The van der Waals surface area contributed by atoms with Crippen molar-refractivity contribution >= 4 is 44.1 Å². The number of fused-ring (bicyclic) bond motifs is 1. The quantitative estimate of drug-likeness (QED) is 0.564. The number of nitrogens with one attached hydrogen (secondary N) is 1. The van der Waals surface area contributed by atoms with Crippen molar-refractivity contribution in [3.8, 4) is 5.75 Å². The van der Waals surface area contributed by atoms with Crippen LogP contribution in [0.15, 0.2) is 36.4 Å². The van der Waals surface area contributed by atoms with Gasteiger partial charge in [0.25, 0.3) is 5.91 Å². The van der Waals surface area contributed by atoms with Crippen LogP contribution in [0, 0.1) is 0 Å². The second-order valence-electron chi connectivity index (χ2n) is 7.46. The Morgan fingerprint density at radius 3 is 2.59 bits per heavy atom. The van der Waals surface area contributed by atoms with Gasteiger partial charge in [0.2, 0.25) is 0 Å². The molecule has 8 nitrogen and oxygen atoms in total. The molecule has 1 amide bonds. The molecule has 4 rings (SSSR count). The number of morpholine rings is 1. The van der Waals surface area contributed by atoms with E-state index in [2.05, 4.69) is 15.2 Å². The number of benzene rings is 2. The third-order valence-electron chi connectivity index (χ3n) is 5.51. The van der Waals surface area contributed by atoms with Gasteiger partial charge in [-0.3, -0.25) is 14.9 Å². The number of ether oxygens (including phenoxy) is 2. The van der Waals surface area contributed by atoms with Gasteiger partial charge in [-0.2, -0.15) is 0 Å². The smallest absolute Gasteiger partial charge is 0.257 e. The van der Waals surface area contributed by atoms with Crippen LogP contribution >= 0.6 is 11.3 Å². The maximum absolute atomic E-state index is 12.8. The fourth-order valence-corrected chi connectivity index (χ4v) is 4.68. The van der Waals surface area contributed by atoms with Crippen molar-refractivity contribution < 1.29 is 19.1 Å². The molecule has 1 saturated heterocycles. The van der Waals surface area contributed by atoms with Gasteiger partial charge in [0, 0.05) is 25.1 Å². The minimum atomic E-state index is -0.674. The second-order valence-corrected chi connectivity index (χ2v) is 8.46. The van der Waals surface area contributed by atoms with Gasteiger partial charge in [-0.25, -0.2) is 4.98 Å². The van der Waals surface area contributed by atoms with Gasteiger partial charge in [-0.1, -0.05) is 30.4 Å². The van der Waals surface area contributed by atoms with Crippen LogP contribution in [0.3, 0.4) is 0 Å². The number of carbonyl (C=O) groups excluding carboxylic acids is 2. The van der Waals surface area contributed by atoms with Crippen molar-refractivity contribution in [2.75, 3.05) is 43.6 Å². The van der Waals surface area contributed by atoms with E-state index in [-0.39, 0.29) is 11.7 Å². The van der Waals surface area contributed by atoms with Crippen LogP contribution < -0.4 is 20.7 Å². The number of amides is 1. The highest BCUT2D eigenvalue weighted by atomic mass is 32.1. The second kappa shape index (κ2) is 9.64. The largest absolute Gasteiger partial charge is 0.494 e. The molecule has 9 heteroatoms. The molecule has 3 N–H and O–H groups in total. The molecule has 2 aromatic carbocycles. The van der Waals surface area contributed by atoms with Gasteiger partial charge in [0.1, 0.15) is 11.3 Å². The molecule has 0 spiro atoms. The summed E-state index contributed by atoms with van der Waals surface area (Å²) in [4.78, 5) is 31.5. The van der Waals surface area contributed by atoms with Crippen LogP contribution in [0.5, 0.6) is 5.75 Å². The lowest BCUT2D eigenvalue weighted by atomic mass is 10.0. The number of Topliss-reactive ketones (excluding diaryl/α,β-unsaturated/α-hetero) is 1. The van der Waals surface area contributed by atoms with Crippen molar-refractivity contribution in [2.24, 2.45) is 5.73 Å². The molecule has 168 valence electrons. The fraction of sp³-hybridized carbons (Fsp3) is 0.348. The third-order valence-corrected chi connectivity index (χ3v) is 6.50. The minimum Gasteiger partial charge on any atom is -0.494 e. The van der Waals surface area contributed by atoms with Gasteiger partial charge < -0.3 is 20.1 Å². The van der Waals surface area contributed by atoms with Gasteiger partial charge in [0.15, 0.2) is 10.9 Å². The summed E-state index contributed by atoms with van der Waals surface area (Å²) in [6, 6.07) is 10.0. The normalized spacial score (nSPS) is 14.9. The maximum atomic E-state index is 12.8. The Labute approximate surface area is 190 Å². The first-order valence-corrected chi connectivity index (χ1v) is 11.3. The summed E-state index contributed by atoms with van der Waals surface area (Å²) in [5, 5.41) is 3.37. The van der Waals surface area contributed by atoms with Crippen molar-refractivity contribution in [2.45, 2.75) is 19.4 Å². The summed E-state index contributed by atoms with van der Waals surface area (Å²) >= 11 is 1.41. The van der Waals surface area contributed by atoms with E-state index in [1.165, 1.54) is 11.3 Å². The van der Waals surface area contributed by atoms with Crippen LogP contribution in [0.1, 0.15) is 35.3 Å². The highest BCUT2D eigenvalue weighted by Gasteiger charge is 2.20. The summed E-state index contributed by atoms with van der Waals surface area (Å²) in [6.07, 6.45) is 0.372. The number of hydrogen-bond acceptors (Lipinski definition) is 8. The third kappa shape index (κ3) is 4.45. The molecule has 0 saturated carbocycles. The summed E-state index contributed by atoms with van der Waals surface area (Å²) < 4.78 is 11.9. The first-order chi connectivity index (χ1) is 15.5. The molecule has 0 aliphatic carbocycles. The zero-order valence-corrected chi connectivity index (χ0v) is 18.9. The Hall–Kier alpha value is -3.01. The molecule has 1 aromatic heterocycles. The van der Waals surface area contributed by atoms with Crippen molar-refractivity contribution in [3.05, 3.63) is 47.5 Å². The number of aromatic nitrogens is 1. The topological polar surface area (TPSA) is 107 Å². The van der Waals surface area contributed by atoms with Crippen LogP contribution in [0.2, 0.25) is 0 Å². The standard InChI is InChI=1S/C23H26N4O4S/c1-3-17(28)19(24)14-4-6-15(7-5-14)22(29)26-23-25-20-18(30-2)9-8-16(21(20)32-23)27-10-12-31-13-11-27/h4-9,19H,3,10-13,24H2,1-2H3,(H,25,26,29). The molecule has 1 fully saturated rings. The predicted molar refractivity (Wildman–Crippen MR) is 126 cm³/mol. The van der Waals surface area contributed by atoms with Crippen LogP contribution in [-0.4, -0.2) is 50.1 Å². The Bertz CT molecular complexity index is 1120. The van der Waals surface area contributed by atoms with E-state index >= 15 is 0 Å². The van der Waals surface area contributed by atoms with E-state index in [0.29, 0.717) is 41.6 Å². The highest BCUT2D eigenvalue weighted by Crippen LogP contribution is 2.39. The number of ketones is 1. The predicted octanol–water partition coefficient (Wildman–Crippen LogP) is 3.37. The summed E-state index contributed by atoms with van der Waals surface area (Å²) in [7, 11) is 1.61. The molecule has 2 heterocycles.